The Morgan fingerprint density at radius 2 is 2.43 bits per heavy atom. The number of hydrogen-bond donors (Lipinski definition) is 1. The number of nitrogens with one attached hydrogen (secondary N) is 1. The van der Waals surface area contributed by atoms with Gasteiger partial charge in [-0.1, -0.05) is 11.6 Å². The predicted molar refractivity (Wildman–Crippen MR) is 54.7 cm³/mol. The van der Waals surface area contributed by atoms with Crippen molar-refractivity contribution in [2.24, 2.45) is 0 Å². The van der Waals surface area contributed by atoms with Gasteiger partial charge in [-0.3, -0.25) is 0 Å². The highest BCUT2D eigenvalue weighted by atomic mass is 15.2. The van der Waals surface area contributed by atoms with Gasteiger partial charge in [0.1, 0.15) is 6.07 Å². The molecular formula is C10H12N4. The van der Waals surface area contributed by atoms with Crippen LogP contribution in [-0.4, -0.2) is 16.7 Å². The summed E-state index contributed by atoms with van der Waals surface area (Å²) in [6.45, 7) is 4.70. The summed E-state index contributed by atoms with van der Waals surface area (Å²) in [5.74, 6) is 0.535. The SMILES string of the molecule is CC(C)=CCNc1nnccc1C#N. The molecule has 72 valence electrons. The zero-order valence-electron chi connectivity index (χ0n) is 8.28. The molecular weight excluding hydrogens is 176 g/mol. The Kier molecular flexibility index (Phi) is 3.62. The van der Waals surface area contributed by atoms with Crippen LogP contribution in [0.5, 0.6) is 0 Å². The average Bonchev–Trinajstić information content (AvgIpc) is 2.18. The molecule has 0 saturated carbocycles. The second-order valence-electron chi connectivity index (χ2n) is 3.07. The molecule has 0 spiro atoms. The molecule has 0 saturated heterocycles. The van der Waals surface area contributed by atoms with Crippen molar-refractivity contribution in [3.8, 4) is 6.07 Å². The van der Waals surface area contributed by atoms with Crippen LogP contribution >= 0.6 is 0 Å². The molecule has 0 aliphatic carbocycles. The normalized spacial score (nSPS) is 8.93. The van der Waals surface area contributed by atoms with E-state index in [1.165, 1.54) is 11.8 Å². The van der Waals surface area contributed by atoms with Crippen molar-refractivity contribution < 1.29 is 0 Å². The largest absolute Gasteiger partial charge is 0.364 e. The number of anilines is 1. The minimum atomic E-state index is 0.516. The number of nitrogens with zero attached hydrogens (tertiary/aromatic N) is 3. The van der Waals surface area contributed by atoms with E-state index in [1.807, 2.05) is 26.0 Å². The zero-order valence-corrected chi connectivity index (χ0v) is 8.28. The third-order valence-corrected chi connectivity index (χ3v) is 1.62. The van der Waals surface area contributed by atoms with Crippen molar-refractivity contribution in [1.82, 2.24) is 10.2 Å². The van der Waals surface area contributed by atoms with Crippen molar-refractivity contribution in [2.45, 2.75) is 13.8 Å². The van der Waals surface area contributed by atoms with Crippen molar-refractivity contribution in [3.63, 3.8) is 0 Å². The van der Waals surface area contributed by atoms with Crippen LogP contribution in [0, 0.1) is 11.3 Å². The lowest BCUT2D eigenvalue weighted by atomic mass is 10.3. The number of nitriles is 1. The molecule has 0 radical (unpaired) electrons. The Bertz CT molecular complexity index is 372. The average molecular weight is 188 g/mol. The van der Waals surface area contributed by atoms with Crippen molar-refractivity contribution >= 4 is 5.82 Å². The minimum absolute atomic E-state index is 0.516. The first-order valence-corrected chi connectivity index (χ1v) is 4.33. The highest BCUT2D eigenvalue weighted by Gasteiger charge is 2.00. The van der Waals surface area contributed by atoms with Gasteiger partial charge in [-0.2, -0.15) is 10.4 Å². The summed E-state index contributed by atoms with van der Waals surface area (Å²) in [5.41, 5.74) is 1.74. The maximum Gasteiger partial charge on any atom is 0.166 e. The van der Waals surface area contributed by atoms with Crippen LogP contribution in [0.15, 0.2) is 23.9 Å². The molecule has 1 N–H and O–H groups in total. The van der Waals surface area contributed by atoms with E-state index in [2.05, 4.69) is 15.5 Å². The summed E-state index contributed by atoms with van der Waals surface area (Å²) in [6.07, 6.45) is 3.53. The fourth-order valence-corrected chi connectivity index (χ4v) is 0.904. The second kappa shape index (κ2) is 4.97. The Balaban J connectivity index is 2.68. The molecule has 1 aromatic rings. The summed E-state index contributed by atoms with van der Waals surface area (Å²) >= 11 is 0. The zero-order chi connectivity index (χ0) is 10.4. The van der Waals surface area contributed by atoms with Gasteiger partial charge < -0.3 is 5.32 Å². The Morgan fingerprint density at radius 1 is 1.64 bits per heavy atom. The van der Waals surface area contributed by atoms with Gasteiger partial charge >= 0.3 is 0 Å². The summed E-state index contributed by atoms with van der Waals surface area (Å²) in [5, 5.41) is 19.3. The lowest BCUT2D eigenvalue weighted by Crippen LogP contribution is -2.04. The summed E-state index contributed by atoms with van der Waals surface area (Å²) < 4.78 is 0. The smallest absolute Gasteiger partial charge is 0.166 e. The molecule has 4 nitrogen and oxygen atoms in total. The quantitative estimate of drug-likeness (QED) is 0.734. The molecule has 0 aliphatic rings. The Labute approximate surface area is 83.3 Å². The summed E-state index contributed by atoms with van der Waals surface area (Å²) in [7, 11) is 0. The fourth-order valence-electron chi connectivity index (χ4n) is 0.904. The second-order valence-corrected chi connectivity index (χ2v) is 3.07. The molecule has 0 aliphatic heterocycles. The molecule has 0 bridgehead atoms. The predicted octanol–water partition coefficient (Wildman–Crippen LogP) is 1.73. The number of allylic oxidation sites excluding steroid dienone is 1. The van der Waals surface area contributed by atoms with Crippen LogP contribution < -0.4 is 5.32 Å². The molecule has 0 fully saturated rings. The molecule has 4 heteroatoms. The van der Waals surface area contributed by atoms with E-state index >= 15 is 0 Å². The molecule has 14 heavy (non-hydrogen) atoms. The number of rotatable bonds is 3. The van der Waals surface area contributed by atoms with E-state index < -0.39 is 0 Å². The Hall–Kier alpha value is -1.89. The summed E-state index contributed by atoms with van der Waals surface area (Å²) in [4.78, 5) is 0. The molecule has 1 heterocycles. The maximum atomic E-state index is 8.75. The molecule has 0 unspecified atom stereocenters. The summed E-state index contributed by atoms with van der Waals surface area (Å²) in [6, 6.07) is 3.68. The van der Waals surface area contributed by atoms with Gasteiger partial charge in [0.15, 0.2) is 5.82 Å². The minimum Gasteiger partial charge on any atom is -0.364 e. The monoisotopic (exact) mass is 188 g/mol. The van der Waals surface area contributed by atoms with Crippen LogP contribution in [0.1, 0.15) is 19.4 Å². The highest BCUT2D eigenvalue weighted by Crippen LogP contribution is 2.07. The van der Waals surface area contributed by atoms with Crippen LogP contribution in [0.25, 0.3) is 0 Å². The topological polar surface area (TPSA) is 61.6 Å². The van der Waals surface area contributed by atoms with Gasteiger partial charge in [0.05, 0.1) is 11.8 Å². The van der Waals surface area contributed by atoms with E-state index in [4.69, 9.17) is 5.26 Å². The van der Waals surface area contributed by atoms with Gasteiger partial charge in [0.2, 0.25) is 0 Å². The standard InChI is InChI=1S/C10H12N4/c1-8(2)3-5-12-10-9(7-11)4-6-13-14-10/h3-4,6H,5H2,1-2H3,(H,12,14). The molecule has 0 amide bonds. The molecule has 0 atom stereocenters. The molecule has 1 rings (SSSR count). The van der Waals surface area contributed by atoms with Crippen molar-refractivity contribution in [3.05, 3.63) is 29.5 Å². The van der Waals surface area contributed by atoms with Gasteiger partial charge in [0.25, 0.3) is 0 Å². The van der Waals surface area contributed by atoms with Gasteiger partial charge in [-0.05, 0) is 19.9 Å². The number of hydrogen-bond acceptors (Lipinski definition) is 4. The van der Waals surface area contributed by atoms with E-state index in [0.29, 0.717) is 17.9 Å². The van der Waals surface area contributed by atoms with E-state index in [-0.39, 0.29) is 0 Å². The van der Waals surface area contributed by atoms with E-state index in [1.54, 1.807) is 6.07 Å². The molecule has 1 aromatic heterocycles. The van der Waals surface area contributed by atoms with Gasteiger partial charge in [-0.15, -0.1) is 5.10 Å². The van der Waals surface area contributed by atoms with Gasteiger partial charge in [0, 0.05) is 6.54 Å². The first-order valence-electron chi connectivity index (χ1n) is 4.33. The lowest BCUT2D eigenvalue weighted by molar-refractivity contribution is 1.01. The van der Waals surface area contributed by atoms with Crippen LogP contribution in [0.3, 0.4) is 0 Å². The van der Waals surface area contributed by atoms with E-state index in [0.717, 1.165) is 0 Å². The first kappa shape index (κ1) is 10.2. The first-order chi connectivity index (χ1) is 6.74. The van der Waals surface area contributed by atoms with Crippen LogP contribution in [-0.2, 0) is 0 Å². The van der Waals surface area contributed by atoms with Gasteiger partial charge in [-0.25, -0.2) is 0 Å². The third kappa shape index (κ3) is 2.87. The van der Waals surface area contributed by atoms with E-state index in [9.17, 15) is 0 Å². The fraction of sp³-hybridized carbons (Fsp3) is 0.300. The van der Waals surface area contributed by atoms with Crippen LogP contribution in [0.4, 0.5) is 5.82 Å². The highest BCUT2D eigenvalue weighted by molar-refractivity contribution is 5.50. The van der Waals surface area contributed by atoms with Crippen LogP contribution in [0.2, 0.25) is 0 Å². The number of aromatic nitrogens is 2. The maximum absolute atomic E-state index is 8.75. The van der Waals surface area contributed by atoms with Crippen molar-refractivity contribution in [1.29, 1.82) is 5.26 Å². The molecule has 0 aromatic carbocycles. The third-order valence-electron chi connectivity index (χ3n) is 1.62. The Morgan fingerprint density at radius 3 is 3.07 bits per heavy atom. The van der Waals surface area contributed by atoms with Crippen molar-refractivity contribution in [2.75, 3.05) is 11.9 Å². The lowest BCUT2D eigenvalue weighted by Gasteiger charge is -2.02.